The SMILES string of the molecule is CC1(C)CC[C@@H](NC(=O)CCc2nc(-c3cccnc3)no2)c2ccccc21. The van der Waals surface area contributed by atoms with Crippen molar-refractivity contribution in [2.24, 2.45) is 0 Å². The summed E-state index contributed by atoms with van der Waals surface area (Å²) in [4.78, 5) is 20.9. The Balaban J connectivity index is 1.37. The van der Waals surface area contributed by atoms with Gasteiger partial charge >= 0.3 is 0 Å². The van der Waals surface area contributed by atoms with Gasteiger partial charge in [-0.2, -0.15) is 4.98 Å². The van der Waals surface area contributed by atoms with Crippen LogP contribution in [0.15, 0.2) is 53.3 Å². The maximum absolute atomic E-state index is 12.5. The van der Waals surface area contributed by atoms with Gasteiger partial charge in [0.1, 0.15) is 0 Å². The standard InChI is InChI=1S/C22H24N4O2/c1-22(2)12-11-18(16-7-3-4-8-17(16)22)24-19(27)9-10-20-25-21(26-28-20)15-6-5-13-23-14-15/h3-8,13-14,18H,9-12H2,1-2H3,(H,24,27)/t18-/m1/s1. The van der Waals surface area contributed by atoms with Crippen molar-refractivity contribution in [3.63, 3.8) is 0 Å². The molecule has 1 amide bonds. The molecule has 2 heterocycles. The molecular weight excluding hydrogens is 352 g/mol. The maximum atomic E-state index is 12.5. The van der Waals surface area contributed by atoms with Gasteiger partial charge in [0.05, 0.1) is 6.04 Å². The van der Waals surface area contributed by atoms with Gasteiger partial charge < -0.3 is 9.84 Å². The molecule has 0 unspecified atom stereocenters. The zero-order valence-electron chi connectivity index (χ0n) is 16.2. The molecule has 0 saturated heterocycles. The number of fused-ring (bicyclic) bond motifs is 1. The normalized spacial score (nSPS) is 17.7. The van der Waals surface area contributed by atoms with Gasteiger partial charge in [0.15, 0.2) is 0 Å². The van der Waals surface area contributed by atoms with Gasteiger partial charge in [-0.15, -0.1) is 0 Å². The number of amides is 1. The summed E-state index contributed by atoms with van der Waals surface area (Å²) in [5.41, 5.74) is 3.49. The first-order valence-electron chi connectivity index (χ1n) is 9.65. The minimum Gasteiger partial charge on any atom is -0.349 e. The summed E-state index contributed by atoms with van der Waals surface area (Å²) in [7, 11) is 0. The molecule has 1 aliphatic carbocycles. The number of aryl methyl sites for hydroxylation is 1. The first-order chi connectivity index (χ1) is 13.5. The third-order valence-corrected chi connectivity index (χ3v) is 5.41. The van der Waals surface area contributed by atoms with E-state index in [4.69, 9.17) is 4.52 Å². The van der Waals surface area contributed by atoms with Gasteiger partial charge in [0.25, 0.3) is 0 Å². The molecule has 0 fully saturated rings. The summed E-state index contributed by atoms with van der Waals surface area (Å²) in [5, 5.41) is 7.15. The predicted octanol–water partition coefficient (Wildman–Crippen LogP) is 3.99. The van der Waals surface area contributed by atoms with Gasteiger partial charge in [0.2, 0.25) is 17.6 Å². The molecule has 3 aromatic rings. The quantitative estimate of drug-likeness (QED) is 0.728. The van der Waals surface area contributed by atoms with Crippen molar-refractivity contribution in [3.05, 3.63) is 65.8 Å². The van der Waals surface area contributed by atoms with E-state index in [1.54, 1.807) is 12.4 Å². The second-order valence-electron chi connectivity index (χ2n) is 7.88. The number of nitrogens with one attached hydrogen (secondary N) is 1. The van der Waals surface area contributed by atoms with Gasteiger partial charge in [0, 0.05) is 30.8 Å². The van der Waals surface area contributed by atoms with Crippen LogP contribution in [0.3, 0.4) is 0 Å². The average Bonchev–Trinajstić information content (AvgIpc) is 3.19. The van der Waals surface area contributed by atoms with Gasteiger partial charge in [-0.05, 0) is 41.5 Å². The average molecular weight is 376 g/mol. The monoisotopic (exact) mass is 376 g/mol. The number of carbonyl (C=O) groups is 1. The highest BCUT2D eigenvalue weighted by Gasteiger charge is 2.32. The molecule has 1 aliphatic rings. The maximum Gasteiger partial charge on any atom is 0.227 e. The van der Waals surface area contributed by atoms with E-state index >= 15 is 0 Å². The molecule has 0 bridgehead atoms. The van der Waals surface area contributed by atoms with Crippen molar-refractivity contribution in [2.45, 2.75) is 51.0 Å². The summed E-state index contributed by atoms with van der Waals surface area (Å²) in [6, 6.07) is 12.2. The molecule has 1 N–H and O–H groups in total. The van der Waals surface area contributed by atoms with Crippen LogP contribution >= 0.6 is 0 Å². The number of hydrogen-bond acceptors (Lipinski definition) is 5. The third kappa shape index (κ3) is 3.81. The van der Waals surface area contributed by atoms with Crippen LogP contribution in [0.1, 0.15) is 56.2 Å². The summed E-state index contributed by atoms with van der Waals surface area (Å²) in [6.45, 7) is 4.53. The van der Waals surface area contributed by atoms with Crippen molar-refractivity contribution in [3.8, 4) is 11.4 Å². The molecule has 4 rings (SSSR count). The summed E-state index contributed by atoms with van der Waals surface area (Å²) in [5.74, 6) is 0.951. The lowest BCUT2D eigenvalue weighted by Crippen LogP contribution is -2.35. The topological polar surface area (TPSA) is 80.9 Å². The van der Waals surface area contributed by atoms with Gasteiger partial charge in [-0.3, -0.25) is 9.78 Å². The number of aromatic nitrogens is 3. The molecule has 0 radical (unpaired) electrons. The number of nitrogens with zero attached hydrogens (tertiary/aromatic N) is 3. The molecule has 6 nitrogen and oxygen atoms in total. The van der Waals surface area contributed by atoms with E-state index < -0.39 is 0 Å². The van der Waals surface area contributed by atoms with Crippen LogP contribution in [0.4, 0.5) is 0 Å². The van der Waals surface area contributed by atoms with Crippen LogP contribution in [-0.2, 0) is 16.6 Å². The molecule has 144 valence electrons. The Bertz CT molecular complexity index is 965. The Kier molecular flexibility index (Phi) is 4.94. The first-order valence-corrected chi connectivity index (χ1v) is 9.65. The van der Waals surface area contributed by atoms with E-state index in [-0.39, 0.29) is 17.4 Å². The van der Waals surface area contributed by atoms with Crippen molar-refractivity contribution < 1.29 is 9.32 Å². The smallest absolute Gasteiger partial charge is 0.227 e. The Labute approximate surface area is 164 Å². The van der Waals surface area contributed by atoms with Crippen LogP contribution in [0.5, 0.6) is 0 Å². The summed E-state index contributed by atoms with van der Waals surface area (Å²) < 4.78 is 5.27. The molecule has 0 spiro atoms. The van der Waals surface area contributed by atoms with E-state index in [2.05, 4.69) is 52.5 Å². The predicted molar refractivity (Wildman–Crippen MR) is 105 cm³/mol. The molecule has 1 atom stereocenters. The fraction of sp³-hybridized carbons (Fsp3) is 0.364. The van der Waals surface area contributed by atoms with E-state index in [0.717, 1.165) is 18.4 Å². The largest absolute Gasteiger partial charge is 0.349 e. The molecule has 0 saturated carbocycles. The van der Waals surface area contributed by atoms with Crippen LogP contribution in [0.2, 0.25) is 0 Å². The van der Waals surface area contributed by atoms with Crippen molar-refractivity contribution >= 4 is 5.91 Å². The molecule has 2 aromatic heterocycles. The summed E-state index contributed by atoms with van der Waals surface area (Å²) in [6.07, 6.45) is 6.10. The second-order valence-corrected chi connectivity index (χ2v) is 7.88. The minimum absolute atomic E-state index is 0.000590. The number of rotatable bonds is 5. The second kappa shape index (κ2) is 7.54. The van der Waals surface area contributed by atoms with E-state index in [9.17, 15) is 4.79 Å². The fourth-order valence-electron chi connectivity index (χ4n) is 3.82. The Hall–Kier alpha value is -3.02. The molecule has 6 heteroatoms. The zero-order valence-corrected chi connectivity index (χ0v) is 16.2. The van der Waals surface area contributed by atoms with Crippen LogP contribution in [0.25, 0.3) is 11.4 Å². The Morgan fingerprint density at radius 3 is 2.93 bits per heavy atom. The van der Waals surface area contributed by atoms with Crippen LogP contribution in [0, 0.1) is 0 Å². The number of carbonyl (C=O) groups excluding carboxylic acids is 1. The molecular formula is C22H24N4O2. The van der Waals surface area contributed by atoms with E-state index in [1.165, 1.54) is 11.1 Å². The number of benzene rings is 1. The number of hydrogen-bond donors (Lipinski definition) is 1. The highest BCUT2D eigenvalue weighted by molar-refractivity contribution is 5.76. The highest BCUT2D eigenvalue weighted by Crippen LogP contribution is 2.41. The minimum atomic E-state index is 0.000590. The molecule has 0 aliphatic heterocycles. The lowest BCUT2D eigenvalue weighted by atomic mass is 9.71. The van der Waals surface area contributed by atoms with Gasteiger partial charge in [-0.1, -0.05) is 43.3 Å². The van der Waals surface area contributed by atoms with Crippen molar-refractivity contribution in [2.75, 3.05) is 0 Å². The number of pyridine rings is 1. The van der Waals surface area contributed by atoms with E-state index in [1.807, 2.05) is 18.2 Å². The van der Waals surface area contributed by atoms with E-state index in [0.29, 0.717) is 24.6 Å². The first kappa shape index (κ1) is 18.3. The lowest BCUT2D eigenvalue weighted by Gasteiger charge is -2.37. The van der Waals surface area contributed by atoms with Crippen molar-refractivity contribution in [1.29, 1.82) is 0 Å². The summed E-state index contributed by atoms with van der Waals surface area (Å²) >= 11 is 0. The van der Waals surface area contributed by atoms with Crippen LogP contribution in [-0.4, -0.2) is 21.0 Å². The van der Waals surface area contributed by atoms with Gasteiger partial charge in [-0.25, -0.2) is 0 Å². The fourth-order valence-corrected chi connectivity index (χ4v) is 3.82. The molecule has 1 aromatic carbocycles. The Morgan fingerprint density at radius 1 is 1.25 bits per heavy atom. The zero-order chi connectivity index (χ0) is 19.6. The highest BCUT2D eigenvalue weighted by atomic mass is 16.5. The third-order valence-electron chi connectivity index (χ3n) is 5.41. The lowest BCUT2D eigenvalue weighted by molar-refractivity contribution is -0.122. The Morgan fingerprint density at radius 2 is 2.11 bits per heavy atom. The molecule has 28 heavy (non-hydrogen) atoms. The van der Waals surface area contributed by atoms with Crippen LogP contribution < -0.4 is 5.32 Å². The van der Waals surface area contributed by atoms with Crippen molar-refractivity contribution in [1.82, 2.24) is 20.4 Å².